The molecule has 5 heteroatoms. The molecule has 0 spiro atoms. The zero-order chi connectivity index (χ0) is 18.8. The van der Waals surface area contributed by atoms with Crippen LogP contribution in [0.4, 0.5) is 0 Å². The predicted octanol–water partition coefficient (Wildman–Crippen LogP) is 3.46. The fraction of sp³-hybridized carbons (Fsp3) is 0.333. The Hall–Kier alpha value is -2.82. The molecule has 0 aliphatic rings. The van der Waals surface area contributed by atoms with Gasteiger partial charge in [-0.3, -0.25) is 9.59 Å². The van der Waals surface area contributed by atoms with Crippen LogP contribution in [0.2, 0.25) is 0 Å². The molecule has 0 fully saturated rings. The van der Waals surface area contributed by atoms with Gasteiger partial charge >= 0.3 is 0 Å². The molecule has 0 unspecified atom stereocenters. The van der Waals surface area contributed by atoms with E-state index in [1.54, 1.807) is 16.7 Å². The Morgan fingerprint density at radius 1 is 1.15 bits per heavy atom. The monoisotopic (exact) mass is 351 g/mol. The van der Waals surface area contributed by atoms with Crippen molar-refractivity contribution in [1.82, 2.24) is 14.9 Å². The van der Waals surface area contributed by atoms with Crippen molar-refractivity contribution in [2.24, 2.45) is 0 Å². The number of aryl methyl sites for hydroxylation is 3. The zero-order valence-corrected chi connectivity index (χ0v) is 15.8. The smallest absolute Gasteiger partial charge is 0.263 e. The molecule has 0 aliphatic heterocycles. The molecule has 26 heavy (non-hydrogen) atoms. The third kappa shape index (κ3) is 3.17. The number of benzene rings is 1. The lowest BCUT2D eigenvalue weighted by atomic mass is 10.1. The van der Waals surface area contributed by atoms with E-state index in [-0.39, 0.29) is 17.0 Å². The van der Waals surface area contributed by atoms with Crippen molar-refractivity contribution in [1.29, 1.82) is 0 Å². The Morgan fingerprint density at radius 3 is 2.62 bits per heavy atom. The van der Waals surface area contributed by atoms with Crippen LogP contribution in [-0.4, -0.2) is 15.5 Å². The van der Waals surface area contributed by atoms with Gasteiger partial charge in [-0.1, -0.05) is 13.0 Å². The third-order valence-electron chi connectivity index (χ3n) is 4.99. The SMILES string of the molecule is CCc1[nH]c2ccc(CNC(=O)c3ccc(C)n(CC)c3=O)cc2c1C. The highest BCUT2D eigenvalue weighted by Crippen LogP contribution is 2.23. The zero-order valence-electron chi connectivity index (χ0n) is 15.8. The van der Waals surface area contributed by atoms with Crippen LogP contribution in [0.3, 0.4) is 0 Å². The third-order valence-corrected chi connectivity index (χ3v) is 4.99. The van der Waals surface area contributed by atoms with E-state index in [1.807, 2.05) is 26.0 Å². The van der Waals surface area contributed by atoms with Crippen molar-refractivity contribution in [2.45, 2.75) is 47.2 Å². The van der Waals surface area contributed by atoms with Crippen LogP contribution in [0, 0.1) is 13.8 Å². The molecule has 0 saturated heterocycles. The number of amides is 1. The number of hydrogen-bond donors (Lipinski definition) is 2. The number of nitrogens with one attached hydrogen (secondary N) is 2. The van der Waals surface area contributed by atoms with E-state index in [0.717, 1.165) is 23.2 Å². The Morgan fingerprint density at radius 2 is 1.92 bits per heavy atom. The molecule has 136 valence electrons. The Labute approximate surface area is 153 Å². The van der Waals surface area contributed by atoms with Crippen molar-refractivity contribution in [2.75, 3.05) is 0 Å². The summed E-state index contributed by atoms with van der Waals surface area (Å²) in [6.45, 7) is 8.94. The van der Waals surface area contributed by atoms with Gasteiger partial charge in [-0.25, -0.2) is 0 Å². The van der Waals surface area contributed by atoms with Crippen molar-refractivity contribution in [3.8, 4) is 0 Å². The van der Waals surface area contributed by atoms with Crippen LogP contribution < -0.4 is 10.9 Å². The molecule has 5 nitrogen and oxygen atoms in total. The van der Waals surface area contributed by atoms with Gasteiger partial charge in [-0.05, 0) is 62.6 Å². The van der Waals surface area contributed by atoms with E-state index < -0.39 is 0 Å². The molecule has 2 N–H and O–H groups in total. The van der Waals surface area contributed by atoms with Crippen molar-refractivity contribution < 1.29 is 4.79 Å². The molecular formula is C21H25N3O2. The van der Waals surface area contributed by atoms with Crippen molar-refractivity contribution in [3.63, 3.8) is 0 Å². The highest BCUT2D eigenvalue weighted by Gasteiger charge is 2.13. The molecule has 0 atom stereocenters. The average molecular weight is 351 g/mol. The van der Waals surface area contributed by atoms with Crippen LogP contribution in [0.5, 0.6) is 0 Å². The van der Waals surface area contributed by atoms with Gasteiger partial charge in [0.1, 0.15) is 5.56 Å². The quantitative estimate of drug-likeness (QED) is 0.739. The van der Waals surface area contributed by atoms with Gasteiger partial charge in [0.05, 0.1) is 0 Å². The molecule has 1 amide bonds. The summed E-state index contributed by atoms with van der Waals surface area (Å²) in [5.41, 5.74) is 5.41. The lowest BCUT2D eigenvalue weighted by Crippen LogP contribution is -2.33. The van der Waals surface area contributed by atoms with E-state index >= 15 is 0 Å². The molecule has 3 rings (SSSR count). The normalized spacial score (nSPS) is 11.1. The summed E-state index contributed by atoms with van der Waals surface area (Å²) < 4.78 is 1.61. The molecule has 0 bridgehead atoms. The lowest BCUT2D eigenvalue weighted by molar-refractivity contribution is 0.0949. The van der Waals surface area contributed by atoms with E-state index in [9.17, 15) is 9.59 Å². The number of aromatic nitrogens is 2. The summed E-state index contributed by atoms with van der Waals surface area (Å²) in [6.07, 6.45) is 0.962. The maximum Gasteiger partial charge on any atom is 0.263 e. The van der Waals surface area contributed by atoms with Gasteiger partial charge in [0.2, 0.25) is 0 Å². The van der Waals surface area contributed by atoms with E-state index in [1.165, 1.54) is 16.6 Å². The number of carbonyl (C=O) groups is 1. The number of H-pyrrole nitrogens is 1. The number of pyridine rings is 1. The summed E-state index contributed by atoms with van der Waals surface area (Å²) in [6, 6.07) is 9.55. The average Bonchev–Trinajstić information content (AvgIpc) is 2.96. The van der Waals surface area contributed by atoms with E-state index in [4.69, 9.17) is 0 Å². The minimum absolute atomic E-state index is 0.185. The van der Waals surface area contributed by atoms with Crippen LogP contribution >= 0.6 is 0 Å². The number of rotatable bonds is 5. The summed E-state index contributed by atoms with van der Waals surface area (Å²) in [4.78, 5) is 28.3. The minimum atomic E-state index is -0.336. The van der Waals surface area contributed by atoms with Gasteiger partial charge in [0.25, 0.3) is 11.5 Å². The first-order valence-electron chi connectivity index (χ1n) is 9.05. The largest absolute Gasteiger partial charge is 0.358 e. The fourth-order valence-corrected chi connectivity index (χ4v) is 3.41. The van der Waals surface area contributed by atoms with Gasteiger partial charge in [0, 0.05) is 35.4 Å². The molecule has 0 saturated carbocycles. The highest BCUT2D eigenvalue weighted by atomic mass is 16.2. The van der Waals surface area contributed by atoms with Crippen molar-refractivity contribution >= 4 is 16.8 Å². The topological polar surface area (TPSA) is 66.9 Å². The number of aromatic amines is 1. The Balaban J connectivity index is 1.81. The van der Waals surface area contributed by atoms with Crippen LogP contribution in [0.15, 0.2) is 35.1 Å². The first kappa shape index (κ1) is 18.0. The number of carbonyl (C=O) groups excluding carboxylic acids is 1. The first-order chi connectivity index (χ1) is 12.5. The minimum Gasteiger partial charge on any atom is -0.358 e. The Kier molecular flexibility index (Phi) is 4.98. The van der Waals surface area contributed by atoms with Crippen LogP contribution in [0.25, 0.3) is 10.9 Å². The van der Waals surface area contributed by atoms with Gasteiger partial charge < -0.3 is 14.9 Å². The molecule has 1 aromatic carbocycles. The summed E-state index contributed by atoms with van der Waals surface area (Å²) >= 11 is 0. The fourth-order valence-electron chi connectivity index (χ4n) is 3.41. The first-order valence-corrected chi connectivity index (χ1v) is 9.05. The number of hydrogen-bond acceptors (Lipinski definition) is 2. The Bertz CT molecular complexity index is 1030. The summed E-state index contributed by atoms with van der Waals surface area (Å²) in [5, 5.41) is 4.05. The van der Waals surface area contributed by atoms with Crippen LogP contribution in [0.1, 0.15) is 46.7 Å². The maximum atomic E-state index is 12.5. The van der Waals surface area contributed by atoms with Crippen LogP contribution in [-0.2, 0) is 19.5 Å². The molecule has 0 aliphatic carbocycles. The molecule has 3 aromatic rings. The molecular weight excluding hydrogens is 326 g/mol. The van der Waals surface area contributed by atoms with E-state index in [0.29, 0.717) is 13.1 Å². The summed E-state index contributed by atoms with van der Waals surface area (Å²) in [5.74, 6) is -0.336. The van der Waals surface area contributed by atoms with Gasteiger partial charge in [0.15, 0.2) is 0 Å². The second-order valence-electron chi connectivity index (χ2n) is 6.58. The molecule has 2 aromatic heterocycles. The van der Waals surface area contributed by atoms with Gasteiger partial charge in [-0.15, -0.1) is 0 Å². The molecule has 0 radical (unpaired) electrons. The summed E-state index contributed by atoms with van der Waals surface area (Å²) in [7, 11) is 0. The van der Waals surface area contributed by atoms with E-state index in [2.05, 4.69) is 30.2 Å². The number of fused-ring (bicyclic) bond motifs is 1. The predicted molar refractivity (Wildman–Crippen MR) is 105 cm³/mol. The van der Waals surface area contributed by atoms with Gasteiger partial charge in [-0.2, -0.15) is 0 Å². The molecule has 2 heterocycles. The maximum absolute atomic E-state index is 12.5. The second-order valence-corrected chi connectivity index (χ2v) is 6.58. The second kappa shape index (κ2) is 7.20. The lowest BCUT2D eigenvalue weighted by Gasteiger charge is -2.10. The standard InChI is InChI=1S/C21H25N3O2/c1-5-18-14(4)17-11-15(8-10-19(17)23-18)12-22-20(25)16-9-7-13(3)24(6-2)21(16)26/h7-11,23H,5-6,12H2,1-4H3,(H,22,25). The van der Waals surface area contributed by atoms with Crippen molar-refractivity contribution in [3.05, 3.63) is 68.8 Å². The number of nitrogens with zero attached hydrogens (tertiary/aromatic N) is 1. The highest BCUT2D eigenvalue weighted by molar-refractivity contribution is 5.94.